The van der Waals surface area contributed by atoms with Gasteiger partial charge in [-0.1, -0.05) is 5.21 Å². The van der Waals surface area contributed by atoms with Gasteiger partial charge in [0.15, 0.2) is 5.82 Å². The van der Waals surface area contributed by atoms with Gasteiger partial charge < -0.3 is 5.73 Å². The molecular formula is C6H12N4. The summed E-state index contributed by atoms with van der Waals surface area (Å²) in [5.41, 5.74) is 5.36. The van der Waals surface area contributed by atoms with E-state index < -0.39 is 0 Å². The first-order valence-electron chi connectivity index (χ1n) is 3.18. The number of nitrogens with zero attached hydrogens (tertiary/aromatic N) is 3. The van der Waals surface area contributed by atoms with Crippen LogP contribution in [-0.2, 0) is 5.54 Å². The Morgan fingerprint density at radius 1 is 1.50 bits per heavy atom. The van der Waals surface area contributed by atoms with E-state index in [0.717, 1.165) is 0 Å². The Hall–Kier alpha value is -1.06. The van der Waals surface area contributed by atoms with Gasteiger partial charge in [-0.15, -0.1) is 5.10 Å². The minimum Gasteiger partial charge on any atom is -0.381 e. The average molecular weight is 140 g/mol. The normalized spacial score (nSPS) is 11.9. The van der Waals surface area contributed by atoms with Crippen LogP contribution in [0.5, 0.6) is 0 Å². The third-order valence-electron chi connectivity index (χ3n) is 1.20. The van der Waals surface area contributed by atoms with Gasteiger partial charge in [0.1, 0.15) is 0 Å². The molecule has 0 aromatic carbocycles. The third kappa shape index (κ3) is 1.26. The van der Waals surface area contributed by atoms with E-state index in [2.05, 4.69) is 10.3 Å². The summed E-state index contributed by atoms with van der Waals surface area (Å²) in [6, 6.07) is 0. The number of aromatic nitrogens is 3. The van der Waals surface area contributed by atoms with Crippen LogP contribution in [0.3, 0.4) is 0 Å². The summed E-state index contributed by atoms with van der Waals surface area (Å²) >= 11 is 0. The highest BCUT2D eigenvalue weighted by atomic mass is 15.5. The molecule has 0 saturated heterocycles. The molecule has 0 saturated carbocycles. The Morgan fingerprint density at radius 3 is 2.30 bits per heavy atom. The van der Waals surface area contributed by atoms with Crippen LogP contribution >= 0.6 is 0 Å². The second-order valence-corrected chi connectivity index (χ2v) is 3.26. The fourth-order valence-corrected chi connectivity index (χ4v) is 0.605. The molecule has 0 radical (unpaired) electrons. The number of hydrogen-bond acceptors (Lipinski definition) is 3. The molecule has 1 aromatic heterocycles. The van der Waals surface area contributed by atoms with Gasteiger partial charge in [0.05, 0.1) is 11.7 Å². The second-order valence-electron chi connectivity index (χ2n) is 3.26. The van der Waals surface area contributed by atoms with E-state index in [4.69, 9.17) is 5.73 Å². The summed E-state index contributed by atoms with van der Waals surface area (Å²) in [7, 11) is 0. The quantitative estimate of drug-likeness (QED) is 0.574. The SMILES string of the molecule is CC(C)(C)n1cc(N)nn1. The van der Waals surface area contributed by atoms with Crippen molar-refractivity contribution in [3.63, 3.8) is 0 Å². The van der Waals surface area contributed by atoms with Crippen LogP contribution in [0.25, 0.3) is 0 Å². The maximum atomic E-state index is 5.38. The number of rotatable bonds is 0. The lowest BCUT2D eigenvalue weighted by Crippen LogP contribution is -2.22. The Kier molecular flexibility index (Phi) is 1.39. The zero-order valence-electron chi connectivity index (χ0n) is 6.50. The Bertz CT molecular complexity index is 220. The molecule has 0 aliphatic rings. The average Bonchev–Trinajstić information content (AvgIpc) is 2.11. The molecule has 0 amide bonds. The highest BCUT2D eigenvalue weighted by molar-refractivity contribution is 5.20. The Balaban J connectivity index is 2.96. The minimum atomic E-state index is -0.0232. The van der Waals surface area contributed by atoms with Gasteiger partial charge in [-0.2, -0.15) is 0 Å². The zero-order valence-corrected chi connectivity index (χ0v) is 6.50. The van der Waals surface area contributed by atoms with Gasteiger partial charge in [0.25, 0.3) is 0 Å². The maximum Gasteiger partial charge on any atom is 0.165 e. The first-order valence-corrected chi connectivity index (χ1v) is 3.18. The molecule has 0 bridgehead atoms. The molecular weight excluding hydrogens is 128 g/mol. The van der Waals surface area contributed by atoms with Crippen LogP contribution in [0.1, 0.15) is 20.8 Å². The number of nitrogen functional groups attached to an aromatic ring is 1. The van der Waals surface area contributed by atoms with Gasteiger partial charge in [-0.3, -0.25) is 0 Å². The molecule has 0 atom stereocenters. The standard InChI is InChI=1S/C6H12N4/c1-6(2,3)10-4-5(7)8-9-10/h4H,7H2,1-3H3. The van der Waals surface area contributed by atoms with Crippen molar-refractivity contribution in [3.05, 3.63) is 6.20 Å². The maximum absolute atomic E-state index is 5.38. The summed E-state index contributed by atoms with van der Waals surface area (Å²) < 4.78 is 1.74. The van der Waals surface area contributed by atoms with E-state index in [9.17, 15) is 0 Å². The number of nitrogens with two attached hydrogens (primary N) is 1. The van der Waals surface area contributed by atoms with Crippen molar-refractivity contribution in [1.82, 2.24) is 15.0 Å². The van der Waals surface area contributed by atoms with Crippen LogP contribution in [0.15, 0.2) is 6.20 Å². The first kappa shape index (κ1) is 7.05. The predicted molar refractivity (Wildman–Crippen MR) is 39.4 cm³/mol. The topological polar surface area (TPSA) is 56.7 Å². The van der Waals surface area contributed by atoms with Crippen molar-refractivity contribution in [2.24, 2.45) is 0 Å². The van der Waals surface area contributed by atoms with Crippen LogP contribution in [0.4, 0.5) is 5.82 Å². The number of anilines is 1. The van der Waals surface area contributed by atoms with Crippen LogP contribution in [-0.4, -0.2) is 15.0 Å². The summed E-state index contributed by atoms with van der Waals surface area (Å²) in [6.45, 7) is 6.13. The largest absolute Gasteiger partial charge is 0.381 e. The highest BCUT2D eigenvalue weighted by Crippen LogP contribution is 2.11. The Morgan fingerprint density at radius 2 is 2.10 bits per heavy atom. The van der Waals surface area contributed by atoms with E-state index in [-0.39, 0.29) is 5.54 Å². The van der Waals surface area contributed by atoms with Crippen molar-refractivity contribution in [1.29, 1.82) is 0 Å². The zero-order chi connectivity index (χ0) is 7.78. The predicted octanol–water partition coefficient (Wildman–Crippen LogP) is 0.615. The molecule has 1 heterocycles. The van der Waals surface area contributed by atoms with E-state index in [1.807, 2.05) is 20.8 Å². The van der Waals surface area contributed by atoms with Crippen molar-refractivity contribution in [2.75, 3.05) is 5.73 Å². The molecule has 0 unspecified atom stereocenters. The lowest BCUT2D eigenvalue weighted by Gasteiger charge is -2.17. The first-order chi connectivity index (χ1) is 4.50. The van der Waals surface area contributed by atoms with Crippen LogP contribution in [0.2, 0.25) is 0 Å². The van der Waals surface area contributed by atoms with Gasteiger partial charge in [-0.25, -0.2) is 4.68 Å². The van der Waals surface area contributed by atoms with Crippen LogP contribution in [0, 0.1) is 0 Å². The third-order valence-corrected chi connectivity index (χ3v) is 1.20. The molecule has 4 heteroatoms. The molecule has 4 nitrogen and oxygen atoms in total. The lowest BCUT2D eigenvalue weighted by atomic mass is 10.1. The Labute approximate surface area is 60.0 Å². The van der Waals surface area contributed by atoms with E-state index in [1.165, 1.54) is 0 Å². The minimum absolute atomic E-state index is 0.0232. The summed E-state index contributed by atoms with van der Waals surface area (Å²) in [5.74, 6) is 0.468. The molecule has 1 aromatic rings. The van der Waals surface area contributed by atoms with Crippen molar-refractivity contribution in [2.45, 2.75) is 26.3 Å². The lowest BCUT2D eigenvalue weighted by molar-refractivity contribution is 0.347. The highest BCUT2D eigenvalue weighted by Gasteiger charge is 2.13. The van der Waals surface area contributed by atoms with Gasteiger partial charge in [0.2, 0.25) is 0 Å². The second kappa shape index (κ2) is 1.97. The van der Waals surface area contributed by atoms with E-state index >= 15 is 0 Å². The molecule has 0 aliphatic heterocycles. The molecule has 0 spiro atoms. The molecule has 0 aliphatic carbocycles. The van der Waals surface area contributed by atoms with Crippen molar-refractivity contribution < 1.29 is 0 Å². The fourth-order valence-electron chi connectivity index (χ4n) is 0.605. The van der Waals surface area contributed by atoms with Gasteiger partial charge in [-0.05, 0) is 20.8 Å². The molecule has 2 N–H and O–H groups in total. The molecule has 10 heavy (non-hydrogen) atoms. The van der Waals surface area contributed by atoms with Gasteiger partial charge >= 0.3 is 0 Å². The monoisotopic (exact) mass is 140 g/mol. The van der Waals surface area contributed by atoms with Crippen molar-refractivity contribution >= 4 is 5.82 Å². The summed E-state index contributed by atoms with van der Waals surface area (Å²) in [6.07, 6.45) is 1.72. The van der Waals surface area contributed by atoms with E-state index in [0.29, 0.717) is 5.82 Å². The summed E-state index contributed by atoms with van der Waals surface area (Å²) in [5, 5.41) is 7.50. The molecule has 1 rings (SSSR count). The van der Waals surface area contributed by atoms with Crippen molar-refractivity contribution in [3.8, 4) is 0 Å². The van der Waals surface area contributed by atoms with Gasteiger partial charge in [0, 0.05) is 0 Å². The van der Waals surface area contributed by atoms with E-state index in [1.54, 1.807) is 10.9 Å². The summed E-state index contributed by atoms with van der Waals surface area (Å²) in [4.78, 5) is 0. The smallest absolute Gasteiger partial charge is 0.165 e. The molecule has 0 fully saturated rings. The number of hydrogen-bond donors (Lipinski definition) is 1. The molecule has 56 valence electrons. The van der Waals surface area contributed by atoms with Crippen LogP contribution < -0.4 is 5.73 Å². The fraction of sp³-hybridized carbons (Fsp3) is 0.667.